The fourth-order valence-corrected chi connectivity index (χ4v) is 2.10. The normalized spacial score (nSPS) is 17.6. The van der Waals surface area contributed by atoms with Crippen molar-refractivity contribution in [1.82, 2.24) is 10.2 Å². The van der Waals surface area contributed by atoms with Crippen molar-refractivity contribution in [1.29, 1.82) is 0 Å². The van der Waals surface area contributed by atoms with Crippen molar-refractivity contribution >= 4 is 30.7 Å². The molecule has 1 rings (SSSR count). The van der Waals surface area contributed by atoms with Crippen molar-refractivity contribution in [3.05, 3.63) is 0 Å². The lowest BCUT2D eigenvalue weighted by Crippen LogP contribution is -2.55. The first kappa shape index (κ1) is 20.3. The van der Waals surface area contributed by atoms with Crippen LogP contribution in [-0.4, -0.2) is 43.0 Å². The van der Waals surface area contributed by atoms with Gasteiger partial charge in [0.25, 0.3) is 0 Å². The van der Waals surface area contributed by atoms with Gasteiger partial charge < -0.3 is 16.0 Å². The van der Waals surface area contributed by atoms with Gasteiger partial charge in [0.15, 0.2) is 0 Å². The van der Waals surface area contributed by atoms with Gasteiger partial charge in [0.2, 0.25) is 5.91 Å². The maximum Gasteiger partial charge on any atom is 0.240 e. The van der Waals surface area contributed by atoms with Crippen LogP contribution in [0.25, 0.3) is 0 Å². The molecule has 0 heterocycles. The van der Waals surface area contributed by atoms with Crippen molar-refractivity contribution in [2.24, 2.45) is 5.73 Å². The number of amides is 1. The molecule has 0 atom stereocenters. The lowest BCUT2D eigenvalue weighted by Gasteiger charge is -2.32. The quantitative estimate of drug-likeness (QED) is 0.810. The SMILES string of the molecule is CCN(C)CCNC(=O)C1(N)CCCCC1.Cl.Cl. The van der Waals surface area contributed by atoms with Gasteiger partial charge >= 0.3 is 0 Å². The minimum atomic E-state index is -0.594. The summed E-state index contributed by atoms with van der Waals surface area (Å²) in [6, 6.07) is 0. The average molecular weight is 300 g/mol. The third-order valence-electron chi connectivity index (χ3n) is 3.52. The Balaban J connectivity index is 0. The third kappa shape index (κ3) is 6.23. The van der Waals surface area contributed by atoms with E-state index in [1.807, 2.05) is 7.05 Å². The van der Waals surface area contributed by atoms with Crippen LogP contribution in [0.5, 0.6) is 0 Å². The van der Waals surface area contributed by atoms with Crippen LogP contribution in [-0.2, 0) is 4.79 Å². The minimum absolute atomic E-state index is 0. The predicted octanol–water partition coefficient (Wildman–Crippen LogP) is 1.56. The first-order valence-electron chi connectivity index (χ1n) is 6.34. The molecule has 1 aliphatic rings. The monoisotopic (exact) mass is 299 g/mol. The Hall–Kier alpha value is -0.0300. The summed E-state index contributed by atoms with van der Waals surface area (Å²) in [5, 5.41) is 2.95. The number of nitrogens with zero attached hydrogens (tertiary/aromatic N) is 1. The molecule has 0 aliphatic heterocycles. The number of nitrogens with one attached hydrogen (secondary N) is 1. The maximum absolute atomic E-state index is 11.9. The molecule has 1 amide bonds. The Morgan fingerprint density at radius 1 is 1.28 bits per heavy atom. The number of hydrogen-bond acceptors (Lipinski definition) is 3. The van der Waals surface area contributed by atoms with Gasteiger partial charge in [0.1, 0.15) is 0 Å². The van der Waals surface area contributed by atoms with Crippen LogP contribution in [0, 0.1) is 0 Å². The number of likely N-dealkylation sites (N-methyl/N-ethyl adjacent to an activating group) is 1. The van der Waals surface area contributed by atoms with Crippen LogP contribution in [0.4, 0.5) is 0 Å². The second-order valence-electron chi connectivity index (χ2n) is 4.87. The molecular formula is C12H27Cl2N3O. The zero-order valence-corrected chi connectivity index (χ0v) is 13.0. The summed E-state index contributed by atoms with van der Waals surface area (Å²) < 4.78 is 0. The van der Waals surface area contributed by atoms with Gasteiger partial charge in [-0.05, 0) is 26.4 Å². The van der Waals surface area contributed by atoms with E-state index in [9.17, 15) is 4.79 Å². The summed E-state index contributed by atoms with van der Waals surface area (Å²) in [5.74, 6) is 0.0386. The fraction of sp³-hybridized carbons (Fsp3) is 0.917. The summed E-state index contributed by atoms with van der Waals surface area (Å²) in [7, 11) is 2.05. The summed E-state index contributed by atoms with van der Waals surface area (Å²) in [6.07, 6.45) is 5.05. The topological polar surface area (TPSA) is 58.4 Å². The number of carbonyl (C=O) groups excluding carboxylic acids is 1. The molecular weight excluding hydrogens is 273 g/mol. The predicted molar refractivity (Wildman–Crippen MR) is 80.7 cm³/mol. The van der Waals surface area contributed by atoms with Gasteiger partial charge in [-0.15, -0.1) is 24.8 Å². The summed E-state index contributed by atoms with van der Waals surface area (Å²) in [5.41, 5.74) is 5.53. The molecule has 0 aromatic carbocycles. The second kappa shape index (κ2) is 9.84. The maximum atomic E-state index is 11.9. The number of nitrogens with two attached hydrogens (primary N) is 1. The molecule has 6 heteroatoms. The van der Waals surface area contributed by atoms with Crippen molar-refractivity contribution in [2.45, 2.75) is 44.6 Å². The standard InChI is InChI=1S/C12H25N3O.2ClH/c1-3-15(2)10-9-14-11(16)12(13)7-5-4-6-8-12;;/h3-10,13H2,1-2H3,(H,14,16);2*1H. The van der Waals surface area contributed by atoms with Gasteiger partial charge in [0, 0.05) is 13.1 Å². The van der Waals surface area contributed by atoms with Crippen molar-refractivity contribution in [2.75, 3.05) is 26.7 Å². The molecule has 1 aliphatic carbocycles. The van der Waals surface area contributed by atoms with Crippen molar-refractivity contribution < 1.29 is 4.79 Å². The van der Waals surface area contributed by atoms with E-state index in [-0.39, 0.29) is 30.7 Å². The van der Waals surface area contributed by atoms with E-state index in [2.05, 4.69) is 17.1 Å². The van der Waals surface area contributed by atoms with Crippen LogP contribution in [0.1, 0.15) is 39.0 Å². The molecule has 18 heavy (non-hydrogen) atoms. The van der Waals surface area contributed by atoms with E-state index in [1.165, 1.54) is 6.42 Å². The van der Waals surface area contributed by atoms with E-state index in [0.717, 1.165) is 38.8 Å². The van der Waals surface area contributed by atoms with Crippen molar-refractivity contribution in [3.8, 4) is 0 Å². The highest BCUT2D eigenvalue weighted by molar-refractivity contribution is 5.86. The first-order valence-corrected chi connectivity index (χ1v) is 6.34. The number of rotatable bonds is 5. The molecule has 0 aromatic heterocycles. The summed E-state index contributed by atoms with van der Waals surface area (Å²) in [4.78, 5) is 14.1. The Bertz CT molecular complexity index is 233. The molecule has 0 aromatic rings. The zero-order chi connectivity index (χ0) is 12.0. The van der Waals surface area contributed by atoms with E-state index in [1.54, 1.807) is 0 Å². The Morgan fingerprint density at radius 3 is 2.33 bits per heavy atom. The molecule has 110 valence electrons. The highest BCUT2D eigenvalue weighted by Gasteiger charge is 2.34. The van der Waals surface area contributed by atoms with Crippen LogP contribution < -0.4 is 11.1 Å². The van der Waals surface area contributed by atoms with Gasteiger partial charge in [-0.2, -0.15) is 0 Å². The number of carbonyl (C=O) groups is 1. The van der Waals surface area contributed by atoms with Crippen molar-refractivity contribution in [3.63, 3.8) is 0 Å². The Kier molecular flexibility index (Phi) is 11.1. The molecule has 0 bridgehead atoms. The minimum Gasteiger partial charge on any atom is -0.353 e. The Morgan fingerprint density at radius 2 is 1.83 bits per heavy atom. The van der Waals surface area contributed by atoms with Crippen LogP contribution in [0.2, 0.25) is 0 Å². The lowest BCUT2D eigenvalue weighted by atomic mass is 9.82. The van der Waals surface area contributed by atoms with E-state index in [0.29, 0.717) is 6.54 Å². The fourth-order valence-electron chi connectivity index (χ4n) is 2.10. The number of halogens is 2. The largest absolute Gasteiger partial charge is 0.353 e. The average Bonchev–Trinajstić information content (AvgIpc) is 2.29. The Labute approximate surface area is 123 Å². The molecule has 4 nitrogen and oxygen atoms in total. The first-order chi connectivity index (χ1) is 7.58. The second-order valence-corrected chi connectivity index (χ2v) is 4.87. The molecule has 3 N–H and O–H groups in total. The lowest BCUT2D eigenvalue weighted by molar-refractivity contribution is -0.127. The summed E-state index contributed by atoms with van der Waals surface area (Å²) >= 11 is 0. The van der Waals surface area contributed by atoms with Crippen LogP contribution in [0.3, 0.4) is 0 Å². The van der Waals surface area contributed by atoms with E-state index >= 15 is 0 Å². The van der Waals surface area contributed by atoms with Gasteiger partial charge in [-0.3, -0.25) is 4.79 Å². The molecule has 1 saturated carbocycles. The molecule has 0 spiro atoms. The number of hydrogen-bond donors (Lipinski definition) is 2. The molecule has 0 radical (unpaired) electrons. The van der Waals surface area contributed by atoms with E-state index in [4.69, 9.17) is 5.73 Å². The highest BCUT2D eigenvalue weighted by Crippen LogP contribution is 2.25. The molecule has 1 fully saturated rings. The van der Waals surface area contributed by atoms with E-state index < -0.39 is 5.54 Å². The third-order valence-corrected chi connectivity index (χ3v) is 3.52. The van der Waals surface area contributed by atoms with Crippen LogP contribution in [0.15, 0.2) is 0 Å². The molecule has 0 saturated heterocycles. The smallest absolute Gasteiger partial charge is 0.240 e. The molecule has 0 unspecified atom stereocenters. The van der Waals surface area contributed by atoms with Gasteiger partial charge in [-0.25, -0.2) is 0 Å². The zero-order valence-electron chi connectivity index (χ0n) is 11.4. The summed E-state index contributed by atoms with van der Waals surface area (Å²) in [6.45, 7) is 4.69. The van der Waals surface area contributed by atoms with Gasteiger partial charge in [-0.1, -0.05) is 26.2 Å². The van der Waals surface area contributed by atoms with Gasteiger partial charge in [0.05, 0.1) is 5.54 Å². The highest BCUT2D eigenvalue weighted by atomic mass is 35.5. The van der Waals surface area contributed by atoms with Crippen LogP contribution >= 0.6 is 24.8 Å².